The van der Waals surface area contributed by atoms with E-state index in [-0.39, 0.29) is 11.9 Å². The van der Waals surface area contributed by atoms with Crippen LogP contribution in [0.3, 0.4) is 0 Å². The summed E-state index contributed by atoms with van der Waals surface area (Å²) in [5, 5.41) is 0. The molecule has 0 fully saturated rings. The zero-order chi connectivity index (χ0) is 15.7. The van der Waals surface area contributed by atoms with Crippen molar-refractivity contribution in [3.8, 4) is 0 Å². The van der Waals surface area contributed by atoms with E-state index in [0.717, 1.165) is 19.3 Å². The van der Waals surface area contributed by atoms with Crippen LogP contribution in [-0.2, 0) is 9.47 Å². The fourth-order valence-electron chi connectivity index (χ4n) is 1.61. The normalized spacial score (nSPS) is 10.5. The summed E-state index contributed by atoms with van der Waals surface area (Å²) in [5.74, 6) is -0.220. The highest BCUT2D eigenvalue weighted by Gasteiger charge is 2.11. The molecule has 0 saturated heterocycles. The van der Waals surface area contributed by atoms with E-state index in [0.29, 0.717) is 30.3 Å². The molecule has 116 valence electrons. The fourth-order valence-corrected chi connectivity index (χ4v) is 1.61. The van der Waals surface area contributed by atoms with Gasteiger partial charge < -0.3 is 9.47 Å². The molecule has 0 saturated carbocycles. The first-order valence-corrected chi connectivity index (χ1v) is 7.49. The molecule has 0 heterocycles. The molecule has 1 aromatic rings. The number of hydrogen-bond donors (Lipinski definition) is 0. The van der Waals surface area contributed by atoms with Gasteiger partial charge in [0.2, 0.25) is 0 Å². The van der Waals surface area contributed by atoms with Crippen LogP contribution in [-0.4, -0.2) is 25.2 Å². The van der Waals surface area contributed by atoms with Crippen LogP contribution >= 0.6 is 0 Å². The minimum atomic E-state index is -0.360. The molecule has 0 aliphatic carbocycles. The van der Waals surface area contributed by atoms with Crippen molar-refractivity contribution in [1.82, 2.24) is 0 Å². The average molecular weight is 292 g/mol. The number of carbonyl (C=O) groups excluding carboxylic acids is 2. The standard InChI is InChI=1S/C17H24O4/c1-4-5-11-20-16(18)14-6-8-15(9-7-14)17(19)21-12-10-13(2)3/h6-9,13H,4-5,10-12H2,1-3H3. The Kier molecular flexibility index (Phi) is 7.51. The van der Waals surface area contributed by atoms with E-state index < -0.39 is 0 Å². The molecule has 0 aromatic heterocycles. The molecule has 0 aliphatic heterocycles. The van der Waals surface area contributed by atoms with Crippen molar-refractivity contribution in [2.45, 2.75) is 40.0 Å². The molecule has 1 aromatic carbocycles. The number of unbranched alkanes of at least 4 members (excludes halogenated alkanes) is 1. The highest BCUT2D eigenvalue weighted by Crippen LogP contribution is 2.09. The smallest absolute Gasteiger partial charge is 0.338 e. The van der Waals surface area contributed by atoms with Crippen LogP contribution in [0.5, 0.6) is 0 Å². The van der Waals surface area contributed by atoms with E-state index in [2.05, 4.69) is 13.8 Å². The zero-order valence-electron chi connectivity index (χ0n) is 13.1. The van der Waals surface area contributed by atoms with Gasteiger partial charge in [0.15, 0.2) is 0 Å². The van der Waals surface area contributed by atoms with Crippen LogP contribution < -0.4 is 0 Å². The first kappa shape index (κ1) is 17.2. The van der Waals surface area contributed by atoms with Crippen LogP contribution in [0.15, 0.2) is 24.3 Å². The topological polar surface area (TPSA) is 52.6 Å². The van der Waals surface area contributed by atoms with Gasteiger partial charge in [-0.25, -0.2) is 9.59 Å². The molecule has 4 heteroatoms. The predicted octanol–water partition coefficient (Wildman–Crippen LogP) is 3.85. The summed E-state index contributed by atoms with van der Waals surface area (Å²) < 4.78 is 10.3. The van der Waals surface area contributed by atoms with E-state index in [1.807, 2.05) is 6.92 Å². The molecule has 21 heavy (non-hydrogen) atoms. The molecule has 0 N–H and O–H groups in total. The lowest BCUT2D eigenvalue weighted by molar-refractivity contribution is 0.0478. The van der Waals surface area contributed by atoms with Gasteiger partial charge >= 0.3 is 11.9 Å². The molecule has 0 bridgehead atoms. The third-order valence-corrected chi connectivity index (χ3v) is 3.02. The lowest BCUT2D eigenvalue weighted by atomic mass is 10.1. The number of carbonyl (C=O) groups is 2. The van der Waals surface area contributed by atoms with E-state index in [1.54, 1.807) is 24.3 Å². The maximum Gasteiger partial charge on any atom is 0.338 e. The maximum atomic E-state index is 11.8. The van der Waals surface area contributed by atoms with Crippen molar-refractivity contribution in [3.05, 3.63) is 35.4 Å². The van der Waals surface area contributed by atoms with E-state index >= 15 is 0 Å². The Morgan fingerprint density at radius 1 is 0.952 bits per heavy atom. The van der Waals surface area contributed by atoms with Crippen molar-refractivity contribution < 1.29 is 19.1 Å². The van der Waals surface area contributed by atoms with Crippen LogP contribution in [0.2, 0.25) is 0 Å². The van der Waals surface area contributed by atoms with Crippen LogP contribution in [0.1, 0.15) is 60.7 Å². The molecule has 1 rings (SSSR count). The van der Waals surface area contributed by atoms with Crippen molar-refractivity contribution in [2.75, 3.05) is 13.2 Å². The zero-order valence-corrected chi connectivity index (χ0v) is 13.1. The van der Waals surface area contributed by atoms with Crippen molar-refractivity contribution >= 4 is 11.9 Å². The lowest BCUT2D eigenvalue weighted by Gasteiger charge is -2.07. The van der Waals surface area contributed by atoms with Gasteiger partial charge in [0, 0.05) is 0 Å². The first-order chi connectivity index (χ1) is 10.0. The molecule has 0 spiro atoms. The third kappa shape index (κ3) is 6.43. The quantitative estimate of drug-likeness (QED) is 0.539. The van der Waals surface area contributed by atoms with Gasteiger partial charge in [-0.15, -0.1) is 0 Å². The number of benzene rings is 1. The van der Waals surface area contributed by atoms with Gasteiger partial charge in [0.1, 0.15) is 0 Å². The van der Waals surface area contributed by atoms with E-state index in [1.165, 1.54) is 0 Å². The first-order valence-electron chi connectivity index (χ1n) is 7.49. The van der Waals surface area contributed by atoms with Crippen LogP contribution in [0.25, 0.3) is 0 Å². The average Bonchev–Trinajstić information content (AvgIpc) is 2.47. The Morgan fingerprint density at radius 2 is 1.43 bits per heavy atom. The monoisotopic (exact) mass is 292 g/mol. The summed E-state index contributed by atoms with van der Waals surface area (Å²) in [7, 11) is 0. The Hall–Kier alpha value is -1.84. The summed E-state index contributed by atoms with van der Waals surface area (Å²) >= 11 is 0. The minimum Gasteiger partial charge on any atom is -0.462 e. The largest absolute Gasteiger partial charge is 0.462 e. The molecular formula is C17H24O4. The van der Waals surface area contributed by atoms with Crippen molar-refractivity contribution in [3.63, 3.8) is 0 Å². The highest BCUT2D eigenvalue weighted by atomic mass is 16.5. The molecule has 4 nitrogen and oxygen atoms in total. The van der Waals surface area contributed by atoms with Crippen molar-refractivity contribution in [1.29, 1.82) is 0 Å². The summed E-state index contributed by atoms with van der Waals surface area (Å²) in [6.45, 7) is 7.03. The molecule has 0 amide bonds. The molecule has 0 atom stereocenters. The second-order valence-electron chi connectivity index (χ2n) is 5.39. The second-order valence-corrected chi connectivity index (χ2v) is 5.39. The van der Waals surface area contributed by atoms with Gasteiger partial charge in [0.25, 0.3) is 0 Å². The summed E-state index contributed by atoms with van der Waals surface area (Å²) in [6, 6.07) is 6.36. The Morgan fingerprint density at radius 3 is 1.86 bits per heavy atom. The Labute approximate surface area is 126 Å². The number of rotatable bonds is 8. The van der Waals surface area contributed by atoms with E-state index in [9.17, 15) is 9.59 Å². The van der Waals surface area contributed by atoms with Gasteiger partial charge in [-0.3, -0.25) is 0 Å². The number of ether oxygens (including phenoxy) is 2. The number of hydrogen-bond acceptors (Lipinski definition) is 4. The van der Waals surface area contributed by atoms with Crippen LogP contribution in [0, 0.1) is 5.92 Å². The van der Waals surface area contributed by atoms with Crippen LogP contribution in [0.4, 0.5) is 0 Å². The lowest BCUT2D eigenvalue weighted by Crippen LogP contribution is -2.09. The molecular weight excluding hydrogens is 268 g/mol. The van der Waals surface area contributed by atoms with Gasteiger partial charge in [-0.2, -0.15) is 0 Å². The van der Waals surface area contributed by atoms with E-state index in [4.69, 9.17) is 9.47 Å². The number of esters is 2. The predicted molar refractivity (Wildman–Crippen MR) is 81.4 cm³/mol. The van der Waals surface area contributed by atoms with Gasteiger partial charge in [-0.1, -0.05) is 27.2 Å². The molecule has 0 unspecified atom stereocenters. The summed E-state index contributed by atoms with van der Waals surface area (Å²) in [6.07, 6.45) is 2.67. The second kappa shape index (κ2) is 9.16. The highest BCUT2D eigenvalue weighted by molar-refractivity contribution is 5.93. The molecule has 0 aliphatic rings. The van der Waals surface area contributed by atoms with Gasteiger partial charge in [-0.05, 0) is 43.0 Å². The maximum absolute atomic E-state index is 11.8. The summed E-state index contributed by atoms with van der Waals surface area (Å²) in [5.41, 5.74) is 0.897. The Bertz CT molecular complexity index is 448. The van der Waals surface area contributed by atoms with Crippen molar-refractivity contribution in [2.24, 2.45) is 5.92 Å². The summed E-state index contributed by atoms with van der Waals surface area (Å²) in [4.78, 5) is 23.5. The minimum absolute atomic E-state index is 0.358. The fraction of sp³-hybridized carbons (Fsp3) is 0.529. The third-order valence-electron chi connectivity index (χ3n) is 3.02. The SMILES string of the molecule is CCCCOC(=O)c1ccc(C(=O)OCCC(C)C)cc1. The van der Waals surface area contributed by atoms with Gasteiger partial charge in [0.05, 0.1) is 24.3 Å². The molecule has 0 radical (unpaired) electrons. The Balaban J connectivity index is 2.49.